The molecule has 4 aliphatic rings. The second-order valence-electron chi connectivity index (χ2n) is 15.7. The van der Waals surface area contributed by atoms with E-state index in [9.17, 15) is 76.3 Å². The molecule has 63 heavy (non-hydrogen) atoms. The highest BCUT2D eigenvalue weighted by molar-refractivity contribution is 5.88. The van der Waals surface area contributed by atoms with Crippen LogP contribution in [-0.2, 0) is 28.4 Å². The predicted octanol–water partition coefficient (Wildman–Crippen LogP) is -5.07. The topological polar surface area (TPSA) is 387 Å². The van der Waals surface area contributed by atoms with E-state index >= 15 is 0 Å². The smallest absolute Gasteiger partial charge is 0.239 e. The zero-order valence-electron chi connectivity index (χ0n) is 33.3. The SMILES string of the molecule is CC1OC(OC2C(O)C(C)OC(Oc3cc(O)c4c(=O)c(OC5OC(COC6OC(CO)C(O)C(O)C6O)C(O)C(O)C5O)c(-c5ccc(O)cc5)oc4c3)C2O)C(O)C(O)C1O. The highest BCUT2D eigenvalue weighted by Crippen LogP contribution is 2.39. The lowest BCUT2D eigenvalue weighted by molar-refractivity contribution is -0.346. The van der Waals surface area contributed by atoms with Crippen LogP contribution in [-0.4, -0.2) is 208 Å². The molecule has 3 aromatic rings. The Kier molecular flexibility index (Phi) is 14.1. The van der Waals surface area contributed by atoms with Crippen LogP contribution in [0.2, 0.25) is 0 Å². The number of aromatic hydroxyl groups is 2. The number of phenolic OH excluding ortho intramolecular Hbond substituents is 2. The van der Waals surface area contributed by atoms with Crippen molar-refractivity contribution in [3.63, 3.8) is 0 Å². The summed E-state index contributed by atoms with van der Waals surface area (Å²) in [4.78, 5) is 14.3. The van der Waals surface area contributed by atoms with Crippen LogP contribution >= 0.6 is 0 Å². The van der Waals surface area contributed by atoms with Gasteiger partial charge in [-0.15, -0.1) is 0 Å². The Morgan fingerprint density at radius 1 is 0.587 bits per heavy atom. The molecule has 0 aliphatic carbocycles. The second kappa shape index (κ2) is 18.9. The van der Waals surface area contributed by atoms with Gasteiger partial charge in [0.25, 0.3) is 0 Å². The van der Waals surface area contributed by atoms with Gasteiger partial charge in [0.15, 0.2) is 18.3 Å². The van der Waals surface area contributed by atoms with Gasteiger partial charge < -0.3 is 114 Å². The second-order valence-corrected chi connectivity index (χ2v) is 15.7. The van der Waals surface area contributed by atoms with Crippen molar-refractivity contribution < 1.29 is 114 Å². The molecule has 20 atom stereocenters. The summed E-state index contributed by atoms with van der Waals surface area (Å²) in [6, 6.07) is 7.15. The van der Waals surface area contributed by atoms with Gasteiger partial charge in [0.2, 0.25) is 23.8 Å². The van der Waals surface area contributed by atoms with E-state index in [1.54, 1.807) is 0 Å². The van der Waals surface area contributed by atoms with Gasteiger partial charge in [0.05, 0.1) is 25.4 Å². The van der Waals surface area contributed by atoms with Gasteiger partial charge in [-0.05, 0) is 38.1 Å². The minimum Gasteiger partial charge on any atom is -0.508 e. The van der Waals surface area contributed by atoms with Gasteiger partial charge in [-0.25, -0.2) is 0 Å². The Labute approximate surface area is 355 Å². The first-order chi connectivity index (χ1) is 29.8. The molecule has 0 spiro atoms. The van der Waals surface area contributed by atoms with Gasteiger partial charge in [-0.2, -0.15) is 0 Å². The lowest BCUT2D eigenvalue weighted by atomic mass is 9.97. The number of rotatable bonds is 11. The van der Waals surface area contributed by atoms with Crippen molar-refractivity contribution in [3.8, 4) is 34.3 Å². The molecule has 4 fully saturated rings. The number of ether oxygens (including phenoxy) is 8. The Bertz CT molecular complexity index is 2080. The third-order valence-corrected chi connectivity index (χ3v) is 11.3. The van der Waals surface area contributed by atoms with Crippen molar-refractivity contribution in [2.45, 2.75) is 137 Å². The van der Waals surface area contributed by atoms with E-state index in [0.717, 1.165) is 12.1 Å². The fraction of sp³-hybridized carbons (Fsp3) is 0.615. The Balaban J connectivity index is 1.16. The van der Waals surface area contributed by atoms with E-state index in [1.807, 2.05) is 0 Å². The number of hydrogen-bond acceptors (Lipinski definition) is 24. The summed E-state index contributed by atoms with van der Waals surface area (Å²) in [7, 11) is 0. The summed E-state index contributed by atoms with van der Waals surface area (Å²) in [5, 5.41) is 146. The molecule has 350 valence electrons. The molecule has 0 saturated carbocycles. The average molecular weight is 903 g/mol. The zero-order chi connectivity index (χ0) is 45.8. The first-order valence-corrected chi connectivity index (χ1v) is 19.8. The van der Waals surface area contributed by atoms with Crippen LogP contribution in [0.15, 0.2) is 45.6 Å². The number of fused-ring (bicyclic) bond motifs is 1. The fourth-order valence-corrected chi connectivity index (χ4v) is 7.57. The molecule has 24 nitrogen and oxygen atoms in total. The molecular weight excluding hydrogens is 852 g/mol. The van der Waals surface area contributed by atoms with E-state index < -0.39 is 158 Å². The number of aliphatic hydroxyl groups is 12. The van der Waals surface area contributed by atoms with Crippen molar-refractivity contribution in [3.05, 3.63) is 46.6 Å². The zero-order valence-corrected chi connectivity index (χ0v) is 33.3. The van der Waals surface area contributed by atoms with Gasteiger partial charge in [0.1, 0.15) is 114 Å². The third kappa shape index (κ3) is 9.19. The summed E-state index contributed by atoms with van der Waals surface area (Å²) >= 11 is 0. The normalized spacial score (nSPS) is 41.0. The Morgan fingerprint density at radius 3 is 1.81 bits per heavy atom. The standard InChI is InChI=1S/C39H50O24/c1-11-21(43)26(48)30(52)37(56-11)62-34-22(44)12(2)57-39(32(34)54)58-15-7-16(42)20-17(8-15)59-33(13-3-5-14(41)6-4-13)35(25(20)47)63-38-31(53)28(50)24(46)19(61-38)10-55-36-29(51)27(49)23(45)18(9-40)60-36/h3-8,11-12,18-19,21-24,26-32,34,36-46,48-54H,9-10H2,1-2H3. The maximum Gasteiger partial charge on any atom is 0.239 e. The molecule has 4 aliphatic heterocycles. The van der Waals surface area contributed by atoms with Gasteiger partial charge in [-0.3, -0.25) is 4.79 Å². The van der Waals surface area contributed by atoms with Gasteiger partial charge >= 0.3 is 0 Å². The van der Waals surface area contributed by atoms with Gasteiger partial charge in [-0.1, -0.05) is 0 Å². The monoisotopic (exact) mass is 902 g/mol. The van der Waals surface area contributed by atoms with Crippen molar-refractivity contribution in [1.82, 2.24) is 0 Å². The minimum absolute atomic E-state index is 0.0777. The van der Waals surface area contributed by atoms with Crippen LogP contribution in [0.3, 0.4) is 0 Å². The third-order valence-electron chi connectivity index (χ3n) is 11.3. The van der Waals surface area contributed by atoms with Crippen LogP contribution in [0.1, 0.15) is 13.8 Å². The van der Waals surface area contributed by atoms with E-state index in [1.165, 1.54) is 38.1 Å². The lowest BCUT2D eigenvalue weighted by Gasteiger charge is -2.45. The quantitative estimate of drug-likeness (QED) is 0.0856. The molecule has 14 N–H and O–H groups in total. The molecule has 4 saturated heterocycles. The maximum atomic E-state index is 14.3. The van der Waals surface area contributed by atoms with Crippen LogP contribution in [0.5, 0.6) is 23.0 Å². The summed E-state index contributed by atoms with van der Waals surface area (Å²) in [5.41, 5.74) is -1.36. The van der Waals surface area contributed by atoms with Crippen LogP contribution in [0, 0.1) is 0 Å². The molecule has 7 rings (SSSR count). The first-order valence-electron chi connectivity index (χ1n) is 19.8. The molecule has 0 radical (unpaired) electrons. The van der Waals surface area contributed by atoms with Crippen molar-refractivity contribution in [2.24, 2.45) is 0 Å². The van der Waals surface area contributed by atoms with Crippen molar-refractivity contribution in [2.75, 3.05) is 13.2 Å². The van der Waals surface area contributed by atoms with E-state index in [-0.39, 0.29) is 28.4 Å². The largest absolute Gasteiger partial charge is 0.508 e. The Hall–Kier alpha value is -3.87. The van der Waals surface area contributed by atoms with Crippen LogP contribution in [0.4, 0.5) is 0 Å². The van der Waals surface area contributed by atoms with Crippen LogP contribution in [0.25, 0.3) is 22.3 Å². The molecule has 20 unspecified atom stereocenters. The maximum absolute atomic E-state index is 14.3. The molecule has 24 heteroatoms. The van der Waals surface area contributed by atoms with Crippen molar-refractivity contribution >= 4 is 11.0 Å². The first kappa shape index (κ1) is 47.1. The van der Waals surface area contributed by atoms with E-state index in [0.29, 0.717) is 0 Å². The Morgan fingerprint density at radius 2 is 1.14 bits per heavy atom. The highest BCUT2D eigenvalue weighted by Gasteiger charge is 2.51. The molecule has 0 amide bonds. The summed E-state index contributed by atoms with van der Waals surface area (Å²) in [6.45, 7) is 1.33. The van der Waals surface area contributed by atoms with Crippen LogP contribution < -0.4 is 14.9 Å². The molecule has 5 heterocycles. The van der Waals surface area contributed by atoms with E-state index in [4.69, 9.17) is 42.3 Å². The number of phenols is 2. The lowest BCUT2D eigenvalue weighted by Crippen LogP contribution is -2.63. The van der Waals surface area contributed by atoms with Gasteiger partial charge in [0, 0.05) is 17.7 Å². The summed E-state index contributed by atoms with van der Waals surface area (Å²) < 4.78 is 51.1. The highest BCUT2D eigenvalue weighted by atomic mass is 16.7. The van der Waals surface area contributed by atoms with E-state index in [2.05, 4.69) is 0 Å². The predicted molar refractivity (Wildman–Crippen MR) is 202 cm³/mol. The fourth-order valence-electron chi connectivity index (χ4n) is 7.57. The molecule has 2 aromatic carbocycles. The van der Waals surface area contributed by atoms with Crippen molar-refractivity contribution in [1.29, 1.82) is 0 Å². The molecule has 1 aromatic heterocycles. The average Bonchev–Trinajstić information content (AvgIpc) is 3.25. The number of benzene rings is 2. The molecule has 0 bridgehead atoms. The minimum atomic E-state index is -2.06. The number of aliphatic hydroxyl groups excluding tert-OH is 12. The number of hydrogen-bond donors (Lipinski definition) is 14. The summed E-state index contributed by atoms with van der Waals surface area (Å²) in [6.07, 6.45) is -33.1. The molecular formula is C39H50O24. The summed E-state index contributed by atoms with van der Waals surface area (Å²) in [5.74, 6) is -2.35.